The van der Waals surface area contributed by atoms with Gasteiger partial charge in [0.25, 0.3) is 0 Å². The van der Waals surface area contributed by atoms with Gasteiger partial charge < -0.3 is 4.48 Å². The van der Waals surface area contributed by atoms with E-state index in [4.69, 9.17) is 0 Å². The first-order valence-corrected chi connectivity index (χ1v) is 8.59. The molecule has 0 N–H and O–H groups in total. The second kappa shape index (κ2) is 5.15. The Kier molecular flexibility index (Phi) is 3.71. The number of hydrogen-bond acceptors (Lipinski definition) is 0. The van der Waals surface area contributed by atoms with Crippen molar-refractivity contribution in [3.63, 3.8) is 0 Å². The second-order valence-electron chi connectivity index (χ2n) is 7.68. The largest absolute Gasteiger partial charge is 0.321 e. The number of quaternary nitrogens is 1. The summed E-state index contributed by atoms with van der Waals surface area (Å²) in [6.45, 7) is 9.50. The molecule has 2 heterocycles. The molecule has 1 aliphatic carbocycles. The van der Waals surface area contributed by atoms with E-state index in [-0.39, 0.29) is 0 Å². The van der Waals surface area contributed by atoms with Crippen LogP contribution in [0.3, 0.4) is 0 Å². The summed E-state index contributed by atoms with van der Waals surface area (Å²) in [7, 11) is 0. The molecule has 1 nitrogen and oxygen atoms in total. The van der Waals surface area contributed by atoms with E-state index in [9.17, 15) is 0 Å². The minimum absolute atomic E-state index is 0.976. The highest BCUT2D eigenvalue weighted by atomic mass is 15.4. The van der Waals surface area contributed by atoms with Gasteiger partial charge in [0.05, 0.1) is 25.7 Å². The Morgan fingerprint density at radius 3 is 2.61 bits per heavy atom. The third-order valence-electron chi connectivity index (χ3n) is 6.36. The average Bonchev–Trinajstić information content (AvgIpc) is 2.38. The summed E-state index contributed by atoms with van der Waals surface area (Å²) in [6, 6.07) is 1.06. The lowest BCUT2D eigenvalue weighted by Gasteiger charge is -2.57. The smallest absolute Gasteiger partial charge is 0.0918 e. The first kappa shape index (κ1) is 13.0. The van der Waals surface area contributed by atoms with Crippen LogP contribution in [0.25, 0.3) is 0 Å². The molecule has 5 unspecified atom stereocenters. The third-order valence-corrected chi connectivity index (χ3v) is 6.36. The predicted molar refractivity (Wildman–Crippen MR) is 77.4 cm³/mol. The van der Waals surface area contributed by atoms with Crippen molar-refractivity contribution < 1.29 is 4.48 Å². The standard InChI is InChI=1S/C17H32N/c1-3-15-11-14(2)12-18(13-15)10-6-8-16-7-4-5-9-17(16)18/h14-17H,3-13H2,1-2H3/q+1. The van der Waals surface area contributed by atoms with Crippen LogP contribution in [0.2, 0.25) is 0 Å². The van der Waals surface area contributed by atoms with Crippen molar-refractivity contribution in [3.8, 4) is 0 Å². The molecule has 0 bridgehead atoms. The third kappa shape index (κ3) is 2.24. The van der Waals surface area contributed by atoms with Crippen molar-refractivity contribution in [3.05, 3.63) is 0 Å². The van der Waals surface area contributed by atoms with Crippen LogP contribution in [0.5, 0.6) is 0 Å². The summed E-state index contributed by atoms with van der Waals surface area (Å²) >= 11 is 0. The fourth-order valence-corrected chi connectivity index (χ4v) is 5.76. The Balaban J connectivity index is 1.81. The Morgan fingerprint density at radius 2 is 1.78 bits per heavy atom. The molecule has 3 rings (SSSR count). The summed E-state index contributed by atoms with van der Waals surface area (Å²) in [5.74, 6) is 3.09. The summed E-state index contributed by atoms with van der Waals surface area (Å²) in [6.07, 6.45) is 12.1. The van der Waals surface area contributed by atoms with Gasteiger partial charge in [-0.05, 0) is 44.9 Å². The molecule has 0 radical (unpaired) electrons. The van der Waals surface area contributed by atoms with E-state index in [0.29, 0.717) is 0 Å². The molecule has 3 aliphatic rings. The SMILES string of the molecule is CCC1CC(C)C[N+]2(CCCC3CCCCC32)C1. The zero-order valence-corrected chi connectivity index (χ0v) is 12.5. The van der Waals surface area contributed by atoms with Crippen LogP contribution >= 0.6 is 0 Å². The maximum Gasteiger partial charge on any atom is 0.0918 e. The van der Waals surface area contributed by atoms with Crippen molar-refractivity contribution in [1.82, 2.24) is 0 Å². The van der Waals surface area contributed by atoms with Crippen molar-refractivity contribution >= 4 is 0 Å². The lowest BCUT2D eigenvalue weighted by Crippen LogP contribution is -2.66. The minimum atomic E-state index is 0.976. The van der Waals surface area contributed by atoms with Crippen LogP contribution in [-0.4, -0.2) is 30.2 Å². The van der Waals surface area contributed by atoms with Gasteiger partial charge in [-0.25, -0.2) is 0 Å². The highest BCUT2D eigenvalue weighted by Gasteiger charge is 2.49. The van der Waals surface area contributed by atoms with Crippen molar-refractivity contribution in [1.29, 1.82) is 0 Å². The van der Waals surface area contributed by atoms with Crippen LogP contribution in [0.4, 0.5) is 0 Å². The normalized spacial score (nSPS) is 49.0. The monoisotopic (exact) mass is 250 g/mol. The fourth-order valence-electron chi connectivity index (χ4n) is 5.76. The van der Waals surface area contributed by atoms with E-state index < -0.39 is 0 Å². The lowest BCUT2D eigenvalue weighted by atomic mass is 9.73. The molecular formula is C17H32N+. The zero-order valence-electron chi connectivity index (χ0n) is 12.5. The molecule has 104 valence electrons. The van der Waals surface area contributed by atoms with Crippen molar-refractivity contribution in [2.45, 2.75) is 71.3 Å². The number of rotatable bonds is 1. The Bertz CT molecular complexity index is 285. The van der Waals surface area contributed by atoms with Crippen LogP contribution in [-0.2, 0) is 0 Å². The molecule has 2 aliphatic heterocycles. The molecule has 1 spiro atoms. The summed E-state index contributed by atoms with van der Waals surface area (Å²) in [4.78, 5) is 0. The summed E-state index contributed by atoms with van der Waals surface area (Å²) < 4.78 is 1.55. The van der Waals surface area contributed by atoms with E-state index in [0.717, 1.165) is 23.8 Å². The van der Waals surface area contributed by atoms with Gasteiger partial charge >= 0.3 is 0 Å². The summed E-state index contributed by atoms with van der Waals surface area (Å²) in [5.41, 5.74) is 0. The van der Waals surface area contributed by atoms with Crippen LogP contribution < -0.4 is 0 Å². The van der Waals surface area contributed by atoms with Gasteiger partial charge in [0.15, 0.2) is 0 Å². The van der Waals surface area contributed by atoms with Gasteiger partial charge in [-0.2, -0.15) is 0 Å². The molecule has 0 aromatic carbocycles. The van der Waals surface area contributed by atoms with Gasteiger partial charge in [0, 0.05) is 17.8 Å². The molecule has 1 saturated carbocycles. The highest BCUT2D eigenvalue weighted by Crippen LogP contribution is 2.44. The Labute approximate surface area is 114 Å². The zero-order chi connectivity index (χ0) is 12.6. The summed E-state index contributed by atoms with van der Waals surface area (Å²) in [5, 5.41) is 0. The molecule has 2 saturated heterocycles. The molecular weight excluding hydrogens is 218 g/mol. The maximum absolute atomic E-state index is 2.52. The molecule has 5 atom stereocenters. The molecule has 0 aromatic rings. The highest BCUT2D eigenvalue weighted by molar-refractivity contribution is 4.83. The van der Waals surface area contributed by atoms with Gasteiger partial charge in [-0.3, -0.25) is 0 Å². The molecule has 0 amide bonds. The topological polar surface area (TPSA) is 0 Å². The van der Waals surface area contributed by atoms with E-state index >= 15 is 0 Å². The first-order valence-electron chi connectivity index (χ1n) is 8.59. The van der Waals surface area contributed by atoms with Gasteiger partial charge in [-0.15, -0.1) is 0 Å². The second-order valence-corrected chi connectivity index (χ2v) is 7.68. The number of hydrogen-bond donors (Lipinski definition) is 0. The minimum Gasteiger partial charge on any atom is -0.321 e. The lowest BCUT2D eigenvalue weighted by molar-refractivity contribution is -0.971. The van der Waals surface area contributed by atoms with Crippen LogP contribution in [0.15, 0.2) is 0 Å². The van der Waals surface area contributed by atoms with Crippen LogP contribution in [0, 0.1) is 17.8 Å². The predicted octanol–water partition coefficient (Wildman–Crippen LogP) is 4.22. The number of fused-ring (bicyclic) bond motifs is 2. The van der Waals surface area contributed by atoms with Crippen molar-refractivity contribution in [2.75, 3.05) is 19.6 Å². The van der Waals surface area contributed by atoms with Gasteiger partial charge in [0.1, 0.15) is 0 Å². The Hall–Kier alpha value is -0.0400. The molecule has 18 heavy (non-hydrogen) atoms. The Morgan fingerprint density at radius 1 is 1.00 bits per heavy atom. The van der Waals surface area contributed by atoms with Gasteiger partial charge in [-0.1, -0.05) is 20.3 Å². The number of nitrogens with zero attached hydrogens (tertiary/aromatic N) is 1. The van der Waals surface area contributed by atoms with E-state index in [1.165, 1.54) is 51.7 Å². The van der Waals surface area contributed by atoms with Gasteiger partial charge in [0.2, 0.25) is 0 Å². The average molecular weight is 250 g/mol. The van der Waals surface area contributed by atoms with E-state index in [2.05, 4.69) is 13.8 Å². The quantitative estimate of drug-likeness (QED) is 0.611. The molecule has 3 fully saturated rings. The van der Waals surface area contributed by atoms with E-state index in [1.54, 1.807) is 23.7 Å². The first-order chi connectivity index (χ1) is 8.73. The maximum atomic E-state index is 2.52. The fraction of sp³-hybridized carbons (Fsp3) is 1.00. The van der Waals surface area contributed by atoms with Crippen LogP contribution in [0.1, 0.15) is 65.2 Å². The van der Waals surface area contributed by atoms with E-state index in [1.807, 2.05) is 0 Å². The molecule has 1 heteroatoms. The molecule has 0 aromatic heterocycles. The van der Waals surface area contributed by atoms with Crippen molar-refractivity contribution in [2.24, 2.45) is 17.8 Å². The number of piperidine rings is 2.